The Hall–Kier alpha value is -3.65. The third-order valence-corrected chi connectivity index (χ3v) is 8.56. The molecule has 3 aromatic rings. The molecular formula is C32H39N3O4S. The largest absolute Gasteiger partial charge is 0.352 e. The first-order chi connectivity index (χ1) is 19.2. The number of aryl methyl sites for hydroxylation is 1. The number of anilines is 1. The predicted octanol–water partition coefficient (Wildman–Crippen LogP) is 4.85. The number of benzene rings is 3. The molecule has 1 N–H and O–H groups in total. The highest BCUT2D eigenvalue weighted by Gasteiger charge is 2.34. The quantitative estimate of drug-likeness (QED) is 0.363. The number of carbonyl (C=O) groups is 2. The van der Waals surface area contributed by atoms with Gasteiger partial charge in [-0.2, -0.15) is 0 Å². The molecule has 0 heterocycles. The maximum atomic E-state index is 14.1. The van der Waals surface area contributed by atoms with Gasteiger partial charge in [0, 0.05) is 19.0 Å². The first-order valence-corrected chi connectivity index (χ1v) is 15.8. The number of rotatable bonds is 11. The number of nitrogens with one attached hydrogen (secondary N) is 1. The van der Waals surface area contributed by atoms with Gasteiger partial charge in [-0.15, -0.1) is 0 Å². The number of para-hydroxylation sites is 1. The zero-order valence-corrected chi connectivity index (χ0v) is 24.1. The highest BCUT2D eigenvalue weighted by atomic mass is 32.2. The van der Waals surface area contributed by atoms with Crippen molar-refractivity contribution in [1.82, 2.24) is 10.2 Å². The number of nitrogens with zero attached hydrogens (tertiary/aromatic N) is 2. The fourth-order valence-electron chi connectivity index (χ4n) is 5.20. The number of sulfonamides is 1. The van der Waals surface area contributed by atoms with Crippen LogP contribution in [0.4, 0.5) is 5.69 Å². The minimum Gasteiger partial charge on any atom is -0.352 e. The van der Waals surface area contributed by atoms with E-state index in [1.165, 1.54) is 6.42 Å². The molecule has 40 heavy (non-hydrogen) atoms. The molecule has 0 aliphatic heterocycles. The maximum Gasteiger partial charge on any atom is 0.244 e. The molecule has 0 bridgehead atoms. The molecule has 1 fully saturated rings. The van der Waals surface area contributed by atoms with Gasteiger partial charge in [0.15, 0.2) is 0 Å². The second-order valence-corrected chi connectivity index (χ2v) is 12.6. The molecule has 1 aliphatic rings. The Kier molecular flexibility index (Phi) is 9.98. The van der Waals surface area contributed by atoms with E-state index >= 15 is 0 Å². The minimum absolute atomic E-state index is 0.0766. The van der Waals surface area contributed by atoms with Crippen LogP contribution >= 0.6 is 0 Å². The highest BCUT2D eigenvalue weighted by Crippen LogP contribution is 2.22. The summed E-state index contributed by atoms with van der Waals surface area (Å²) in [7, 11) is -3.77. The lowest BCUT2D eigenvalue weighted by atomic mass is 9.94. The van der Waals surface area contributed by atoms with E-state index in [1.807, 2.05) is 61.5 Å². The van der Waals surface area contributed by atoms with Gasteiger partial charge in [0.1, 0.15) is 12.6 Å². The Bertz CT molecular complexity index is 1360. The molecule has 1 atom stereocenters. The smallest absolute Gasteiger partial charge is 0.244 e. The lowest BCUT2D eigenvalue weighted by molar-refractivity contribution is -0.140. The molecule has 212 valence electrons. The molecule has 4 rings (SSSR count). The van der Waals surface area contributed by atoms with Crippen molar-refractivity contribution in [2.24, 2.45) is 0 Å². The van der Waals surface area contributed by atoms with Crippen LogP contribution < -0.4 is 9.62 Å². The van der Waals surface area contributed by atoms with Gasteiger partial charge in [-0.05, 0) is 43.0 Å². The minimum atomic E-state index is -3.77. The van der Waals surface area contributed by atoms with Crippen LogP contribution in [0.25, 0.3) is 0 Å². The number of amides is 2. The second-order valence-electron chi connectivity index (χ2n) is 10.7. The van der Waals surface area contributed by atoms with E-state index in [0.29, 0.717) is 12.1 Å². The SMILES string of the molecule is Cc1ccc(CN(C(=O)CN(c2ccccc2)S(C)(=O)=O)C(Cc2ccccc2)C(=O)NC2CCCCC2)cc1. The number of hydrogen-bond donors (Lipinski definition) is 1. The summed E-state index contributed by atoms with van der Waals surface area (Å²) >= 11 is 0. The van der Waals surface area contributed by atoms with E-state index in [1.54, 1.807) is 35.2 Å². The summed E-state index contributed by atoms with van der Waals surface area (Å²) in [6.07, 6.45) is 6.56. The standard InChI is InChI=1S/C32H39N3O4S/c1-25-18-20-27(21-19-25)23-34(31(36)24-35(40(2,38)39)29-16-10-5-11-17-29)30(22-26-12-6-3-7-13-26)32(37)33-28-14-8-4-9-15-28/h3,5-7,10-13,16-21,28,30H,4,8-9,14-15,22-24H2,1-2H3,(H,33,37). The molecule has 0 aromatic heterocycles. The lowest BCUT2D eigenvalue weighted by Gasteiger charge is -2.35. The van der Waals surface area contributed by atoms with Crippen LogP contribution in [-0.2, 0) is 32.6 Å². The molecule has 1 aliphatic carbocycles. The fourth-order valence-corrected chi connectivity index (χ4v) is 6.05. The van der Waals surface area contributed by atoms with Crippen molar-refractivity contribution in [2.75, 3.05) is 17.1 Å². The van der Waals surface area contributed by atoms with Crippen LogP contribution in [0.2, 0.25) is 0 Å². The molecule has 0 saturated heterocycles. The van der Waals surface area contributed by atoms with E-state index in [0.717, 1.165) is 52.9 Å². The van der Waals surface area contributed by atoms with Crippen molar-refractivity contribution in [2.45, 2.75) is 64.1 Å². The molecule has 2 amide bonds. The van der Waals surface area contributed by atoms with Gasteiger partial charge in [0.2, 0.25) is 21.8 Å². The molecule has 8 heteroatoms. The Balaban J connectivity index is 1.70. The molecule has 1 saturated carbocycles. The fraction of sp³-hybridized carbons (Fsp3) is 0.375. The van der Waals surface area contributed by atoms with Crippen molar-refractivity contribution in [1.29, 1.82) is 0 Å². The summed E-state index contributed by atoms with van der Waals surface area (Å²) in [5.74, 6) is -0.642. The van der Waals surface area contributed by atoms with Crippen LogP contribution in [0.1, 0.15) is 48.8 Å². The van der Waals surface area contributed by atoms with Crippen LogP contribution in [0.5, 0.6) is 0 Å². The Labute approximate surface area is 238 Å². The Morgan fingerprint density at radius 3 is 2.05 bits per heavy atom. The van der Waals surface area contributed by atoms with E-state index < -0.39 is 28.5 Å². The van der Waals surface area contributed by atoms with Crippen LogP contribution in [-0.4, -0.2) is 50.0 Å². The number of hydrogen-bond acceptors (Lipinski definition) is 4. The average molecular weight is 562 g/mol. The molecule has 1 unspecified atom stereocenters. The second kappa shape index (κ2) is 13.6. The Morgan fingerprint density at radius 2 is 1.45 bits per heavy atom. The lowest BCUT2D eigenvalue weighted by Crippen LogP contribution is -2.55. The zero-order valence-electron chi connectivity index (χ0n) is 23.3. The molecular weight excluding hydrogens is 522 g/mol. The normalized spacial score (nSPS) is 14.8. The van der Waals surface area contributed by atoms with Crippen molar-refractivity contribution in [3.8, 4) is 0 Å². The van der Waals surface area contributed by atoms with Crippen molar-refractivity contribution in [3.63, 3.8) is 0 Å². The van der Waals surface area contributed by atoms with Gasteiger partial charge in [0.05, 0.1) is 11.9 Å². The summed E-state index contributed by atoms with van der Waals surface area (Å²) < 4.78 is 26.7. The third-order valence-electron chi connectivity index (χ3n) is 7.42. The van der Waals surface area contributed by atoms with Gasteiger partial charge in [-0.25, -0.2) is 8.42 Å². The average Bonchev–Trinajstić information content (AvgIpc) is 2.95. The Morgan fingerprint density at radius 1 is 0.850 bits per heavy atom. The van der Waals surface area contributed by atoms with Crippen molar-refractivity contribution in [3.05, 3.63) is 102 Å². The topological polar surface area (TPSA) is 86.8 Å². The zero-order chi connectivity index (χ0) is 28.5. The van der Waals surface area contributed by atoms with Crippen molar-refractivity contribution >= 4 is 27.5 Å². The van der Waals surface area contributed by atoms with Gasteiger partial charge in [-0.3, -0.25) is 13.9 Å². The summed E-state index contributed by atoms with van der Waals surface area (Å²) in [5, 5.41) is 3.22. The van der Waals surface area contributed by atoms with E-state index in [4.69, 9.17) is 0 Å². The summed E-state index contributed by atoms with van der Waals surface area (Å²) in [5.41, 5.74) is 3.29. The van der Waals surface area contributed by atoms with Crippen LogP contribution in [0.15, 0.2) is 84.9 Å². The van der Waals surface area contributed by atoms with E-state index in [-0.39, 0.29) is 18.5 Å². The highest BCUT2D eigenvalue weighted by molar-refractivity contribution is 7.92. The number of carbonyl (C=O) groups excluding carboxylic acids is 2. The van der Waals surface area contributed by atoms with Gasteiger partial charge in [-0.1, -0.05) is 97.6 Å². The first kappa shape index (κ1) is 29.3. The van der Waals surface area contributed by atoms with Gasteiger partial charge < -0.3 is 10.2 Å². The van der Waals surface area contributed by atoms with Crippen molar-refractivity contribution < 1.29 is 18.0 Å². The molecule has 0 radical (unpaired) electrons. The molecule has 7 nitrogen and oxygen atoms in total. The monoisotopic (exact) mass is 561 g/mol. The van der Waals surface area contributed by atoms with Crippen LogP contribution in [0.3, 0.4) is 0 Å². The maximum absolute atomic E-state index is 14.1. The summed E-state index contributed by atoms with van der Waals surface area (Å²) in [4.78, 5) is 29.6. The third kappa shape index (κ3) is 8.18. The molecule has 0 spiro atoms. The summed E-state index contributed by atoms with van der Waals surface area (Å²) in [6, 6.07) is 25.3. The van der Waals surface area contributed by atoms with Gasteiger partial charge >= 0.3 is 0 Å². The van der Waals surface area contributed by atoms with Crippen LogP contribution in [0, 0.1) is 6.92 Å². The van der Waals surface area contributed by atoms with E-state index in [2.05, 4.69) is 5.32 Å². The van der Waals surface area contributed by atoms with E-state index in [9.17, 15) is 18.0 Å². The van der Waals surface area contributed by atoms with Gasteiger partial charge in [0.25, 0.3) is 0 Å². The molecule has 3 aromatic carbocycles. The predicted molar refractivity (Wildman–Crippen MR) is 159 cm³/mol. The summed E-state index contributed by atoms with van der Waals surface area (Å²) in [6.45, 7) is 1.77. The first-order valence-electron chi connectivity index (χ1n) is 13.9.